The van der Waals surface area contributed by atoms with Crippen LogP contribution < -0.4 is 20.3 Å². The number of thioether (sulfide) groups is 1. The monoisotopic (exact) mass is 449 g/mol. The number of para-hydroxylation sites is 1. The number of alkyl halides is 2. The van der Waals surface area contributed by atoms with Crippen molar-refractivity contribution in [3.05, 3.63) is 52.8 Å². The lowest BCUT2D eigenvalue weighted by molar-refractivity contribution is -0.286. The number of hydrogen-bond acceptors (Lipinski definition) is 7. The molecule has 3 aromatic rings. The Labute approximate surface area is 179 Å². The van der Waals surface area contributed by atoms with Crippen LogP contribution in [-0.4, -0.2) is 41.2 Å². The van der Waals surface area contributed by atoms with E-state index in [2.05, 4.69) is 19.8 Å². The number of nitrogens with zero attached hydrogens (tertiary/aromatic N) is 2. The zero-order chi connectivity index (χ0) is 22.0. The van der Waals surface area contributed by atoms with Gasteiger partial charge in [0.05, 0.1) is 29.8 Å². The third-order valence-corrected chi connectivity index (χ3v) is 5.34. The summed E-state index contributed by atoms with van der Waals surface area (Å²) in [6.45, 7) is 0.592. The highest BCUT2D eigenvalue weighted by Gasteiger charge is 2.43. The van der Waals surface area contributed by atoms with Crippen LogP contribution in [0, 0.1) is 0 Å². The zero-order valence-corrected chi connectivity index (χ0v) is 17.1. The topological polar surface area (TPSA) is 91.7 Å². The first kappa shape index (κ1) is 21.1. The Balaban J connectivity index is 1.49. The van der Waals surface area contributed by atoms with Crippen molar-refractivity contribution < 1.29 is 27.8 Å². The molecule has 2 heterocycles. The van der Waals surface area contributed by atoms with E-state index in [-0.39, 0.29) is 35.0 Å². The summed E-state index contributed by atoms with van der Waals surface area (Å²) in [5.74, 6) is -0.737. The van der Waals surface area contributed by atoms with Gasteiger partial charge in [0.1, 0.15) is 0 Å². The Morgan fingerprint density at radius 2 is 2.00 bits per heavy atom. The van der Waals surface area contributed by atoms with E-state index in [0.717, 1.165) is 11.8 Å². The molecule has 0 unspecified atom stereocenters. The summed E-state index contributed by atoms with van der Waals surface area (Å²) in [6.07, 6.45) is -3.73. The molecule has 4 rings (SSSR count). The van der Waals surface area contributed by atoms with Crippen molar-refractivity contribution >= 4 is 34.3 Å². The minimum Gasteiger partial charge on any atom is -0.395 e. The number of halogens is 2. The molecule has 0 atom stereocenters. The second-order valence-corrected chi connectivity index (χ2v) is 7.47. The molecule has 2 aromatic carbocycles. The first-order valence-corrected chi connectivity index (χ1v) is 10.2. The van der Waals surface area contributed by atoms with E-state index in [1.54, 1.807) is 24.3 Å². The number of rotatable bonds is 7. The average Bonchev–Trinajstić information content (AvgIpc) is 3.05. The summed E-state index contributed by atoms with van der Waals surface area (Å²) >= 11 is 1.09. The molecule has 1 aromatic heterocycles. The third-order valence-electron chi connectivity index (χ3n) is 4.36. The van der Waals surface area contributed by atoms with Crippen LogP contribution in [0.5, 0.6) is 11.5 Å². The molecule has 1 aliphatic heterocycles. The SMILES string of the molecule is COCCn1c(SCC(=O)Nc2ccc3c(c2)OC(F)(F)O3)nc2ccccc2c1=O. The quantitative estimate of drug-likeness (QED) is 0.438. The van der Waals surface area contributed by atoms with Crippen molar-refractivity contribution in [3.63, 3.8) is 0 Å². The van der Waals surface area contributed by atoms with E-state index in [1.807, 2.05) is 0 Å². The van der Waals surface area contributed by atoms with Gasteiger partial charge in [-0.3, -0.25) is 14.2 Å². The molecule has 1 amide bonds. The van der Waals surface area contributed by atoms with Crippen molar-refractivity contribution in [3.8, 4) is 11.5 Å². The van der Waals surface area contributed by atoms with Crippen molar-refractivity contribution in [1.29, 1.82) is 0 Å². The molecule has 162 valence electrons. The fourth-order valence-electron chi connectivity index (χ4n) is 2.99. The van der Waals surface area contributed by atoms with Gasteiger partial charge in [0.2, 0.25) is 5.91 Å². The number of carbonyl (C=O) groups is 1. The number of nitrogens with one attached hydrogen (secondary N) is 1. The highest BCUT2D eigenvalue weighted by atomic mass is 32.2. The molecule has 0 radical (unpaired) electrons. The summed E-state index contributed by atoms with van der Waals surface area (Å²) in [5.41, 5.74) is 0.580. The molecule has 0 bridgehead atoms. The van der Waals surface area contributed by atoms with Gasteiger partial charge in [-0.05, 0) is 24.3 Å². The van der Waals surface area contributed by atoms with Gasteiger partial charge < -0.3 is 19.5 Å². The second kappa shape index (κ2) is 8.52. The van der Waals surface area contributed by atoms with E-state index < -0.39 is 12.2 Å². The number of amides is 1. The van der Waals surface area contributed by atoms with Crippen LogP contribution in [0.1, 0.15) is 0 Å². The molecule has 0 fully saturated rings. The number of ether oxygens (including phenoxy) is 3. The predicted octanol–water partition coefficient (Wildman–Crippen LogP) is 3.10. The van der Waals surface area contributed by atoms with Crippen molar-refractivity contribution in [2.24, 2.45) is 0 Å². The number of anilines is 1. The van der Waals surface area contributed by atoms with Gasteiger partial charge in [-0.1, -0.05) is 23.9 Å². The van der Waals surface area contributed by atoms with E-state index in [0.29, 0.717) is 22.7 Å². The van der Waals surface area contributed by atoms with Gasteiger partial charge in [-0.25, -0.2) is 4.98 Å². The smallest absolute Gasteiger partial charge is 0.395 e. The first-order valence-electron chi connectivity index (χ1n) is 9.17. The number of fused-ring (bicyclic) bond motifs is 2. The van der Waals surface area contributed by atoms with E-state index >= 15 is 0 Å². The molecule has 8 nitrogen and oxygen atoms in total. The lowest BCUT2D eigenvalue weighted by Crippen LogP contribution is -2.26. The van der Waals surface area contributed by atoms with E-state index in [9.17, 15) is 18.4 Å². The van der Waals surface area contributed by atoms with Gasteiger partial charge >= 0.3 is 6.29 Å². The van der Waals surface area contributed by atoms with Gasteiger partial charge in [0.25, 0.3) is 5.56 Å². The van der Waals surface area contributed by atoms with Crippen LogP contribution in [-0.2, 0) is 16.1 Å². The second-order valence-electron chi connectivity index (χ2n) is 6.53. The summed E-state index contributed by atoms with van der Waals surface area (Å²) < 4.78 is 41.5. The maximum atomic E-state index is 13.1. The van der Waals surface area contributed by atoms with Crippen molar-refractivity contribution in [2.45, 2.75) is 18.0 Å². The summed E-state index contributed by atoms with van der Waals surface area (Å²) in [6, 6.07) is 10.9. The number of methoxy groups -OCH3 is 1. The minimum absolute atomic E-state index is 0.0532. The fraction of sp³-hybridized carbons (Fsp3) is 0.250. The Bertz CT molecular complexity index is 1200. The fourth-order valence-corrected chi connectivity index (χ4v) is 3.82. The van der Waals surface area contributed by atoms with Crippen LogP contribution in [0.25, 0.3) is 10.9 Å². The normalized spacial score (nSPS) is 14.0. The number of benzene rings is 2. The Hall–Kier alpha value is -3.18. The molecule has 0 saturated heterocycles. The van der Waals surface area contributed by atoms with Crippen molar-refractivity contribution in [2.75, 3.05) is 24.8 Å². The average molecular weight is 449 g/mol. The molecule has 0 saturated carbocycles. The zero-order valence-electron chi connectivity index (χ0n) is 16.3. The molecular weight excluding hydrogens is 432 g/mol. The summed E-state index contributed by atoms with van der Waals surface area (Å²) in [7, 11) is 1.53. The predicted molar refractivity (Wildman–Crippen MR) is 110 cm³/mol. The summed E-state index contributed by atoms with van der Waals surface area (Å²) in [4.78, 5) is 29.7. The summed E-state index contributed by atoms with van der Waals surface area (Å²) in [5, 5.41) is 3.46. The van der Waals surface area contributed by atoms with Gasteiger partial charge in [0, 0.05) is 18.9 Å². The highest BCUT2D eigenvalue weighted by Crippen LogP contribution is 2.42. The Kier molecular flexibility index (Phi) is 5.79. The van der Waals surface area contributed by atoms with Crippen LogP contribution >= 0.6 is 11.8 Å². The van der Waals surface area contributed by atoms with Gasteiger partial charge in [-0.15, -0.1) is 8.78 Å². The Morgan fingerprint density at radius 1 is 1.23 bits per heavy atom. The van der Waals surface area contributed by atoms with E-state index in [4.69, 9.17) is 4.74 Å². The van der Waals surface area contributed by atoms with E-state index in [1.165, 1.54) is 29.9 Å². The standard InChI is InChI=1S/C20H17F2N3O5S/c1-28-9-8-25-18(27)13-4-2-3-5-14(13)24-19(25)31-11-17(26)23-12-6-7-15-16(10-12)30-20(21,22)29-15/h2-7,10H,8-9,11H2,1H3,(H,23,26). The number of aromatic nitrogens is 2. The maximum Gasteiger partial charge on any atom is 0.586 e. The van der Waals surface area contributed by atoms with Gasteiger partial charge in [-0.2, -0.15) is 0 Å². The first-order chi connectivity index (χ1) is 14.9. The minimum atomic E-state index is -3.73. The van der Waals surface area contributed by atoms with Crippen LogP contribution in [0.4, 0.5) is 14.5 Å². The van der Waals surface area contributed by atoms with Gasteiger partial charge in [0.15, 0.2) is 16.7 Å². The Morgan fingerprint density at radius 3 is 2.81 bits per heavy atom. The molecule has 1 N–H and O–H groups in total. The molecular formula is C20H17F2N3O5S. The third kappa shape index (κ3) is 4.62. The molecule has 0 spiro atoms. The maximum absolute atomic E-state index is 13.1. The number of hydrogen-bond donors (Lipinski definition) is 1. The largest absolute Gasteiger partial charge is 0.586 e. The highest BCUT2D eigenvalue weighted by molar-refractivity contribution is 7.99. The molecule has 0 aliphatic carbocycles. The van der Waals surface area contributed by atoms with Crippen LogP contribution in [0.15, 0.2) is 52.4 Å². The molecule has 11 heteroatoms. The van der Waals surface area contributed by atoms with Crippen LogP contribution in [0.2, 0.25) is 0 Å². The van der Waals surface area contributed by atoms with Crippen LogP contribution in [0.3, 0.4) is 0 Å². The molecule has 1 aliphatic rings. The lowest BCUT2D eigenvalue weighted by Gasteiger charge is -2.12. The lowest BCUT2D eigenvalue weighted by atomic mass is 10.2. The van der Waals surface area contributed by atoms with Crippen molar-refractivity contribution in [1.82, 2.24) is 9.55 Å². The number of carbonyl (C=O) groups excluding carboxylic acids is 1. The molecule has 31 heavy (non-hydrogen) atoms.